The molecule has 0 aliphatic carbocycles. The molecule has 0 unspecified atom stereocenters. The molecule has 1 atom stereocenters. The SMILES string of the molecule is Cc1ccc(NC(=O)COc2ccc(N3C[C@@H](C(=O)NCCc4ccccc4)CC3=O)cc2)cc1. The molecule has 2 N–H and O–H groups in total. The van der Waals surface area contributed by atoms with E-state index in [2.05, 4.69) is 10.6 Å². The summed E-state index contributed by atoms with van der Waals surface area (Å²) in [5, 5.41) is 5.73. The Morgan fingerprint density at radius 1 is 0.971 bits per heavy atom. The fourth-order valence-corrected chi connectivity index (χ4v) is 3.96. The molecule has 35 heavy (non-hydrogen) atoms. The van der Waals surface area contributed by atoms with Crippen LogP contribution in [-0.4, -0.2) is 37.4 Å². The Morgan fingerprint density at radius 2 is 1.69 bits per heavy atom. The predicted molar refractivity (Wildman–Crippen MR) is 135 cm³/mol. The first-order valence-electron chi connectivity index (χ1n) is 11.7. The van der Waals surface area contributed by atoms with Crippen LogP contribution in [0.15, 0.2) is 78.9 Å². The second-order valence-corrected chi connectivity index (χ2v) is 8.63. The number of ether oxygens (including phenoxy) is 1. The minimum Gasteiger partial charge on any atom is -0.484 e. The van der Waals surface area contributed by atoms with Crippen LogP contribution in [0.5, 0.6) is 5.75 Å². The average Bonchev–Trinajstić information content (AvgIpc) is 3.27. The summed E-state index contributed by atoms with van der Waals surface area (Å²) in [6, 6.07) is 24.4. The van der Waals surface area contributed by atoms with E-state index in [9.17, 15) is 14.4 Å². The summed E-state index contributed by atoms with van der Waals surface area (Å²) in [5.41, 5.74) is 3.69. The first-order chi connectivity index (χ1) is 17.0. The average molecular weight is 472 g/mol. The highest BCUT2D eigenvalue weighted by molar-refractivity contribution is 6.00. The van der Waals surface area contributed by atoms with Gasteiger partial charge in [0.25, 0.3) is 5.91 Å². The van der Waals surface area contributed by atoms with Crippen molar-refractivity contribution in [1.82, 2.24) is 5.32 Å². The molecule has 0 bridgehead atoms. The van der Waals surface area contributed by atoms with Crippen molar-refractivity contribution < 1.29 is 19.1 Å². The summed E-state index contributed by atoms with van der Waals surface area (Å²) in [5.74, 6) is -0.293. The molecule has 4 rings (SSSR count). The van der Waals surface area contributed by atoms with E-state index in [0.717, 1.165) is 17.5 Å². The molecule has 1 aliphatic rings. The van der Waals surface area contributed by atoms with Gasteiger partial charge in [0.05, 0.1) is 5.92 Å². The summed E-state index contributed by atoms with van der Waals surface area (Å²) in [4.78, 5) is 38.8. The first kappa shape index (κ1) is 24.0. The Kier molecular flexibility index (Phi) is 7.77. The molecule has 0 spiro atoms. The van der Waals surface area contributed by atoms with Crippen LogP contribution in [0.1, 0.15) is 17.5 Å². The van der Waals surface area contributed by atoms with E-state index in [4.69, 9.17) is 4.74 Å². The number of carbonyl (C=O) groups is 3. The predicted octanol–water partition coefficient (Wildman–Crippen LogP) is 3.72. The van der Waals surface area contributed by atoms with Gasteiger partial charge in [0, 0.05) is 30.9 Å². The molecule has 180 valence electrons. The van der Waals surface area contributed by atoms with Gasteiger partial charge < -0.3 is 20.3 Å². The van der Waals surface area contributed by atoms with Crippen molar-refractivity contribution in [3.63, 3.8) is 0 Å². The molecular weight excluding hydrogens is 442 g/mol. The zero-order valence-corrected chi connectivity index (χ0v) is 19.7. The largest absolute Gasteiger partial charge is 0.484 e. The highest BCUT2D eigenvalue weighted by Gasteiger charge is 2.34. The molecule has 7 heteroatoms. The number of carbonyl (C=O) groups excluding carboxylic acids is 3. The summed E-state index contributed by atoms with van der Waals surface area (Å²) >= 11 is 0. The van der Waals surface area contributed by atoms with E-state index in [1.54, 1.807) is 29.2 Å². The standard InChI is InChI=1S/C28H29N3O4/c1-20-7-9-23(10-8-20)30-26(32)19-35-25-13-11-24(12-14-25)31-18-22(17-27(31)33)28(34)29-16-15-21-5-3-2-4-6-21/h2-14,22H,15-19H2,1H3,(H,29,34)(H,30,32)/t22-/m0/s1. The second-order valence-electron chi connectivity index (χ2n) is 8.63. The molecule has 1 saturated heterocycles. The second kappa shape index (κ2) is 11.3. The van der Waals surface area contributed by atoms with E-state index in [1.165, 1.54) is 0 Å². The molecule has 0 radical (unpaired) electrons. The minimum absolute atomic E-state index is 0.0839. The number of aryl methyl sites for hydroxylation is 1. The molecule has 0 aromatic heterocycles. The summed E-state index contributed by atoms with van der Waals surface area (Å²) < 4.78 is 5.57. The van der Waals surface area contributed by atoms with Gasteiger partial charge in [-0.3, -0.25) is 14.4 Å². The third-order valence-electron chi connectivity index (χ3n) is 5.91. The number of benzene rings is 3. The molecule has 0 saturated carbocycles. The highest BCUT2D eigenvalue weighted by atomic mass is 16.5. The van der Waals surface area contributed by atoms with Crippen LogP contribution in [0.3, 0.4) is 0 Å². The lowest BCUT2D eigenvalue weighted by atomic mass is 10.1. The van der Waals surface area contributed by atoms with Crippen molar-refractivity contribution in [2.75, 3.05) is 29.9 Å². The molecule has 1 aliphatic heterocycles. The molecule has 3 aromatic rings. The maximum Gasteiger partial charge on any atom is 0.262 e. The summed E-state index contributed by atoms with van der Waals surface area (Å²) in [7, 11) is 0. The topological polar surface area (TPSA) is 87.7 Å². The number of hydrogen-bond acceptors (Lipinski definition) is 4. The fraction of sp³-hybridized carbons (Fsp3) is 0.250. The Morgan fingerprint density at radius 3 is 2.40 bits per heavy atom. The van der Waals surface area contributed by atoms with Gasteiger partial charge in [-0.25, -0.2) is 0 Å². The van der Waals surface area contributed by atoms with Crippen LogP contribution in [0.4, 0.5) is 11.4 Å². The summed E-state index contributed by atoms with van der Waals surface area (Å²) in [6.45, 7) is 2.74. The van der Waals surface area contributed by atoms with Crippen molar-refractivity contribution in [2.24, 2.45) is 5.92 Å². The van der Waals surface area contributed by atoms with Gasteiger partial charge >= 0.3 is 0 Å². The Bertz CT molecular complexity index is 1160. The van der Waals surface area contributed by atoms with E-state index in [0.29, 0.717) is 30.2 Å². The monoisotopic (exact) mass is 471 g/mol. The van der Waals surface area contributed by atoms with Crippen molar-refractivity contribution >= 4 is 29.1 Å². The lowest BCUT2D eigenvalue weighted by Crippen LogP contribution is -2.34. The van der Waals surface area contributed by atoms with Gasteiger partial charge in [-0.15, -0.1) is 0 Å². The number of rotatable bonds is 9. The zero-order chi connectivity index (χ0) is 24.6. The lowest BCUT2D eigenvalue weighted by Gasteiger charge is -2.17. The Labute approximate surface area is 205 Å². The number of nitrogens with one attached hydrogen (secondary N) is 2. The molecule has 1 fully saturated rings. The van der Waals surface area contributed by atoms with Crippen molar-refractivity contribution in [3.05, 3.63) is 90.0 Å². The lowest BCUT2D eigenvalue weighted by molar-refractivity contribution is -0.126. The van der Waals surface area contributed by atoms with Gasteiger partial charge in [-0.2, -0.15) is 0 Å². The van der Waals surface area contributed by atoms with Crippen LogP contribution in [-0.2, 0) is 20.8 Å². The van der Waals surface area contributed by atoms with E-state index >= 15 is 0 Å². The smallest absolute Gasteiger partial charge is 0.262 e. The normalized spacial score (nSPS) is 15.1. The van der Waals surface area contributed by atoms with Crippen LogP contribution in [0.2, 0.25) is 0 Å². The van der Waals surface area contributed by atoms with Crippen molar-refractivity contribution in [2.45, 2.75) is 19.8 Å². The van der Waals surface area contributed by atoms with Crippen molar-refractivity contribution in [1.29, 1.82) is 0 Å². The Hall–Kier alpha value is -4.13. The van der Waals surface area contributed by atoms with E-state index in [1.807, 2.05) is 61.5 Å². The third kappa shape index (κ3) is 6.69. The minimum atomic E-state index is -0.375. The number of amides is 3. The van der Waals surface area contributed by atoms with Crippen LogP contribution < -0.4 is 20.3 Å². The van der Waals surface area contributed by atoms with Crippen LogP contribution in [0.25, 0.3) is 0 Å². The van der Waals surface area contributed by atoms with Gasteiger partial charge in [0.2, 0.25) is 11.8 Å². The fourth-order valence-electron chi connectivity index (χ4n) is 3.96. The van der Waals surface area contributed by atoms with Gasteiger partial charge in [-0.05, 0) is 55.3 Å². The van der Waals surface area contributed by atoms with Crippen LogP contribution in [0, 0.1) is 12.8 Å². The molecule has 3 amide bonds. The van der Waals surface area contributed by atoms with Crippen molar-refractivity contribution in [3.8, 4) is 5.75 Å². The Balaban J connectivity index is 1.23. The molecule has 3 aromatic carbocycles. The molecule has 1 heterocycles. The zero-order valence-electron chi connectivity index (χ0n) is 19.7. The van der Waals surface area contributed by atoms with Gasteiger partial charge in [0.1, 0.15) is 5.75 Å². The molecular formula is C28H29N3O4. The maximum absolute atomic E-state index is 12.6. The van der Waals surface area contributed by atoms with Gasteiger partial charge in [0.15, 0.2) is 6.61 Å². The first-order valence-corrected chi connectivity index (χ1v) is 11.7. The van der Waals surface area contributed by atoms with Crippen LogP contribution >= 0.6 is 0 Å². The number of hydrogen-bond donors (Lipinski definition) is 2. The molecule has 7 nitrogen and oxygen atoms in total. The number of anilines is 2. The summed E-state index contributed by atoms with van der Waals surface area (Å²) in [6.07, 6.45) is 0.941. The quantitative estimate of drug-likeness (QED) is 0.498. The van der Waals surface area contributed by atoms with E-state index < -0.39 is 0 Å². The van der Waals surface area contributed by atoms with E-state index in [-0.39, 0.29) is 36.7 Å². The highest BCUT2D eigenvalue weighted by Crippen LogP contribution is 2.27. The third-order valence-corrected chi connectivity index (χ3v) is 5.91. The maximum atomic E-state index is 12.6. The number of nitrogens with zero attached hydrogens (tertiary/aromatic N) is 1. The van der Waals surface area contributed by atoms with Gasteiger partial charge in [-0.1, -0.05) is 48.0 Å².